The molecule has 0 atom stereocenters. The van der Waals surface area contributed by atoms with Crippen molar-refractivity contribution in [2.24, 2.45) is 10.7 Å². The van der Waals surface area contributed by atoms with Gasteiger partial charge in [0, 0.05) is 51.0 Å². The topological polar surface area (TPSA) is 159 Å². The number of allylic oxidation sites excluding steroid dienone is 1. The van der Waals surface area contributed by atoms with E-state index in [1.54, 1.807) is 29.9 Å². The van der Waals surface area contributed by atoms with Gasteiger partial charge in [0.05, 0.1) is 48.5 Å². The molecule has 4 heterocycles. The van der Waals surface area contributed by atoms with Gasteiger partial charge in [-0.05, 0) is 62.4 Å². The number of thiazole rings is 1. The number of aliphatic imine (C=N–C) groups is 1. The summed E-state index contributed by atoms with van der Waals surface area (Å²) in [4.78, 5) is 41.0. The Hall–Kier alpha value is -4.90. The van der Waals surface area contributed by atoms with Gasteiger partial charge >= 0.3 is 5.97 Å². The third-order valence-corrected chi connectivity index (χ3v) is 9.60. The van der Waals surface area contributed by atoms with E-state index in [0.717, 1.165) is 76.2 Å². The zero-order chi connectivity index (χ0) is 36.5. The molecule has 1 aromatic carbocycles. The van der Waals surface area contributed by atoms with Crippen LogP contribution < -0.4 is 11.1 Å². The number of carbonyl (C=O) groups is 2. The number of nitrogens with zero attached hydrogens (tertiary/aromatic N) is 6. The third kappa shape index (κ3) is 9.70. The number of rotatable bonds is 13. The van der Waals surface area contributed by atoms with Crippen molar-refractivity contribution in [3.8, 4) is 10.6 Å². The van der Waals surface area contributed by atoms with Crippen molar-refractivity contribution in [2.75, 3.05) is 32.9 Å². The lowest BCUT2D eigenvalue weighted by molar-refractivity contribution is 0.0334. The zero-order valence-electron chi connectivity index (χ0n) is 28.7. The van der Waals surface area contributed by atoms with Crippen molar-refractivity contribution in [2.45, 2.75) is 58.0 Å². The second-order valence-electron chi connectivity index (χ2n) is 12.4. The summed E-state index contributed by atoms with van der Waals surface area (Å²) in [7, 11) is 0. The summed E-state index contributed by atoms with van der Waals surface area (Å²) in [5, 5.41) is 8.95. The van der Waals surface area contributed by atoms with Crippen LogP contribution >= 0.6 is 11.3 Å². The van der Waals surface area contributed by atoms with Crippen molar-refractivity contribution in [3.05, 3.63) is 94.1 Å². The SMILES string of the molecule is CCOC1CCC(N=C/C(NC(=O)c2csc(-c3cnn(COC(=O)c4ccc(CN5CCOCC5)cc4)c3)n2)=C(\N)c2nc(F)ccc2F)CC1.[HH]. The van der Waals surface area contributed by atoms with Gasteiger partial charge in [0.25, 0.3) is 5.91 Å². The van der Waals surface area contributed by atoms with Crippen LogP contribution in [0.3, 0.4) is 0 Å². The normalized spacial score (nSPS) is 18.7. The highest BCUT2D eigenvalue weighted by Crippen LogP contribution is 2.25. The Balaban J connectivity index is 0.00000541. The third-order valence-electron chi connectivity index (χ3n) is 8.71. The molecule has 1 aliphatic heterocycles. The number of benzene rings is 1. The van der Waals surface area contributed by atoms with Crippen LogP contribution in [0.15, 0.2) is 64.9 Å². The zero-order valence-corrected chi connectivity index (χ0v) is 29.5. The van der Waals surface area contributed by atoms with Crippen LogP contribution in [-0.2, 0) is 27.5 Å². The summed E-state index contributed by atoms with van der Waals surface area (Å²) in [6.07, 6.45) is 7.93. The van der Waals surface area contributed by atoms with Crippen molar-refractivity contribution in [1.82, 2.24) is 30.0 Å². The number of ether oxygens (including phenoxy) is 3. The van der Waals surface area contributed by atoms with E-state index in [9.17, 15) is 18.4 Å². The minimum Gasteiger partial charge on any atom is -0.439 e. The van der Waals surface area contributed by atoms with E-state index >= 15 is 0 Å². The average molecular weight is 737 g/mol. The van der Waals surface area contributed by atoms with Crippen LogP contribution in [0.1, 0.15) is 66.1 Å². The highest BCUT2D eigenvalue weighted by Gasteiger charge is 2.22. The average Bonchev–Trinajstić information content (AvgIpc) is 3.85. The van der Waals surface area contributed by atoms with Gasteiger partial charge in [-0.25, -0.2) is 23.8 Å². The second-order valence-corrected chi connectivity index (χ2v) is 13.2. The van der Waals surface area contributed by atoms with Crippen molar-refractivity contribution < 1.29 is 34.0 Å². The molecule has 0 unspecified atom stereocenters. The summed E-state index contributed by atoms with van der Waals surface area (Å²) < 4.78 is 46.6. The van der Waals surface area contributed by atoms with E-state index in [-0.39, 0.29) is 37.4 Å². The minimum atomic E-state index is -0.926. The molecule has 2 fully saturated rings. The Bertz CT molecular complexity index is 1910. The van der Waals surface area contributed by atoms with Crippen LogP contribution in [0.5, 0.6) is 0 Å². The molecule has 1 aliphatic carbocycles. The molecule has 1 saturated heterocycles. The molecule has 1 saturated carbocycles. The van der Waals surface area contributed by atoms with E-state index in [0.29, 0.717) is 22.7 Å². The van der Waals surface area contributed by atoms with Gasteiger partial charge in [-0.1, -0.05) is 12.1 Å². The maximum absolute atomic E-state index is 14.7. The molecule has 276 valence electrons. The number of amides is 1. The van der Waals surface area contributed by atoms with Crippen molar-refractivity contribution >= 4 is 35.1 Å². The number of carbonyl (C=O) groups excluding carboxylic acids is 2. The van der Waals surface area contributed by atoms with Crippen molar-refractivity contribution in [1.29, 1.82) is 0 Å². The molecule has 3 N–H and O–H groups in total. The quantitative estimate of drug-likeness (QED) is 0.108. The molecule has 0 spiro atoms. The number of halogens is 2. The molecule has 4 aromatic rings. The van der Waals surface area contributed by atoms with E-state index in [4.69, 9.17) is 19.9 Å². The lowest BCUT2D eigenvalue weighted by atomic mass is 9.93. The first-order valence-electron chi connectivity index (χ1n) is 17.1. The second kappa shape index (κ2) is 17.5. The summed E-state index contributed by atoms with van der Waals surface area (Å²) in [5.41, 5.74) is 7.66. The van der Waals surface area contributed by atoms with Crippen LogP contribution in [0.25, 0.3) is 16.3 Å². The van der Waals surface area contributed by atoms with E-state index in [1.165, 1.54) is 22.2 Å². The Morgan fingerprint density at radius 3 is 2.63 bits per heavy atom. The van der Waals surface area contributed by atoms with Gasteiger partial charge in [0.15, 0.2) is 12.5 Å². The fourth-order valence-corrected chi connectivity index (χ4v) is 6.67. The molecular weight excluding hydrogens is 695 g/mol. The number of nitrogens with two attached hydrogens (primary N) is 1. The molecule has 3 aromatic heterocycles. The van der Waals surface area contributed by atoms with Crippen molar-refractivity contribution in [3.63, 3.8) is 0 Å². The smallest absolute Gasteiger partial charge is 0.339 e. The van der Waals surface area contributed by atoms with Gasteiger partial charge in [0.1, 0.15) is 16.4 Å². The first kappa shape index (κ1) is 36.9. The standard InChI is InChI=1S/C36H40F2N8O5S.H2/c1-2-50-27-9-7-26(8-10-27)40-18-29(32(39)33-28(37)11-12-31(38)44-33)42-34(47)30-21-52-35(43-30)25-17-41-46(20-25)22-51-36(48)24-5-3-23(4-6-24)19-45-13-15-49-16-14-45;/h3-6,11-12,17-18,20-21,26-27H,2,7-10,13-16,19,22,39H2,1H3,(H,42,47);1H/b32-29+,40-18?;. The van der Waals surface area contributed by atoms with E-state index in [2.05, 4.69) is 30.3 Å². The Morgan fingerprint density at radius 2 is 1.88 bits per heavy atom. The summed E-state index contributed by atoms with van der Waals surface area (Å²) in [6, 6.07) is 9.05. The number of morpholine rings is 1. The number of nitrogens with one attached hydrogen (secondary N) is 1. The lowest BCUT2D eigenvalue weighted by Crippen LogP contribution is -2.35. The molecule has 1 amide bonds. The first-order chi connectivity index (χ1) is 25.2. The highest BCUT2D eigenvalue weighted by atomic mass is 32.1. The summed E-state index contributed by atoms with van der Waals surface area (Å²) in [5.74, 6) is -2.90. The first-order valence-corrected chi connectivity index (χ1v) is 18.0. The molecule has 0 radical (unpaired) electrons. The predicted molar refractivity (Wildman–Crippen MR) is 192 cm³/mol. The molecular formula is C36H42F2N8O5S. The van der Waals surface area contributed by atoms with Gasteiger partial charge in [-0.2, -0.15) is 9.49 Å². The van der Waals surface area contributed by atoms with Crippen LogP contribution in [0, 0.1) is 11.8 Å². The number of hydrogen-bond acceptors (Lipinski definition) is 12. The van der Waals surface area contributed by atoms with Gasteiger partial charge in [-0.15, -0.1) is 11.3 Å². The maximum Gasteiger partial charge on any atom is 0.339 e. The highest BCUT2D eigenvalue weighted by molar-refractivity contribution is 7.13. The van der Waals surface area contributed by atoms with Crippen LogP contribution in [0.2, 0.25) is 0 Å². The van der Waals surface area contributed by atoms with Gasteiger partial charge in [-0.3, -0.25) is 14.7 Å². The fraction of sp³-hybridized carbons (Fsp3) is 0.389. The van der Waals surface area contributed by atoms with Gasteiger partial charge < -0.3 is 25.3 Å². The molecule has 6 rings (SSSR count). The summed E-state index contributed by atoms with van der Waals surface area (Å²) >= 11 is 1.20. The molecule has 16 heteroatoms. The Kier molecular flexibility index (Phi) is 12.4. The molecule has 52 heavy (non-hydrogen) atoms. The largest absolute Gasteiger partial charge is 0.439 e. The van der Waals surface area contributed by atoms with E-state index < -0.39 is 29.3 Å². The lowest BCUT2D eigenvalue weighted by Gasteiger charge is -2.26. The van der Waals surface area contributed by atoms with Gasteiger partial charge in [0.2, 0.25) is 5.95 Å². The minimum absolute atomic E-state index is 0. The molecule has 0 bridgehead atoms. The predicted octanol–water partition coefficient (Wildman–Crippen LogP) is 5.05. The number of hydrogen-bond donors (Lipinski definition) is 2. The van der Waals surface area contributed by atoms with Crippen LogP contribution in [0.4, 0.5) is 8.78 Å². The number of pyridine rings is 1. The monoisotopic (exact) mass is 736 g/mol. The van der Waals surface area contributed by atoms with Crippen LogP contribution in [-0.4, -0.2) is 87.8 Å². The Labute approximate surface area is 305 Å². The van der Waals surface area contributed by atoms with E-state index in [1.807, 2.05) is 19.1 Å². The summed E-state index contributed by atoms with van der Waals surface area (Å²) in [6.45, 7) is 6.46. The number of esters is 1. The maximum atomic E-state index is 14.7. The fourth-order valence-electron chi connectivity index (χ4n) is 5.89. The molecule has 13 nitrogen and oxygen atoms in total. The number of aromatic nitrogens is 4. The Morgan fingerprint density at radius 1 is 1.12 bits per heavy atom. The molecule has 2 aliphatic rings.